The van der Waals surface area contributed by atoms with Crippen LogP contribution in [0.3, 0.4) is 0 Å². The first-order valence-electron chi connectivity index (χ1n) is 4.10. The first-order chi connectivity index (χ1) is 6.70. The number of esters is 1. The number of carbonyl (C=O) groups excluding carboxylic acids is 1. The molecule has 0 saturated heterocycles. The fourth-order valence-electron chi connectivity index (χ4n) is 1.42. The Kier molecular flexibility index (Phi) is 1.93. The highest BCUT2D eigenvalue weighted by atomic mass is 19.1. The van der Waals surface area contributed by atoms with Gasteiger partial charge in [-0.1, -0.05) is 6.07 Å². The van der Waals surface area contributed by atoms with Crippen molar-refractivity contribution < 1.29 is 13.9 Å². The Hall–Kier alpha value is -1.89. The predicted molar refractivity (Wildman–Crippen MR) is 44.9 cm³/mol. The number of cyclic esters (lactones) is 1. The van der Waals surface area contributed by atoms with Gasteiger partial charge in [-0.25, -0.2) is 9.18 Å². The maximum Gasteiger partial charge on any atom is 0.339 e. The van der Waals surface area contributed by atoms with Crippen LogP contribution in [0, 0.1) is 17.1 Å². The molecule has 4 heteroatoms. The molecule has 0 fully saturated rings. The van der Waals surface area contributed by atoms with Crippen LogP contribution >= 0.6 is 0 Å². The largest absolute Gasteiger partial charge is 0.443 e. The molecule has 1 atom stereocenters. The van der Waals surface area contributed by atoms with E-state index in [1.54, 1.807) is 0 Å². The molecule has 14 heavy (non-hydrogen) atoms. The van der Waals surface area contributed by atoms with Gasteiger partial charge in [0, 0.05) is 6.42 Å². The second-order valence-corrected chi connectivity index (χ2v) is 3.03. The van der Waals surface area contributed by atoms with Gasteiger partial charge in [0.15, 0.2) is 6.10 Å². The van der Waals surface area contributed by atoms with Crippen molar-refractivity contribution in [3.63, 3.8) is 0 Å². The molecule has 0 radical (unpaired) electrons. The minimum absolute atomic E-state index is 0.219. The molecule has 1 aliphatic heterocycles. The van der Waals surface area contributed by atoms with Gasteiger partial charge in [-0.05, 0) is 17.7 Å². The summed E-state index contributed by atoms with van der Waals surface area (Å²) in [7, 11) is 0. The van der Waals surface area contributed by atoms with Gasteiger partial charge in [0.25, 0.3) is 0 Å². The lowest BCUT2D eigenvalue weighted by molar-refractivity contribution is 0.0370. The van der Waals surface area contributed by atoms with Crippen molar-refractivity contribution in [2.24, 2.45) is 0 Å². The van der Waals surface area contributed by atoms with Crippen LogP contribution in [0.5, 0.6) is 0 Å². The highest BCUT2D eigenvalue weighted by Crippen LogP contribution is 2.21. The second kappa shape index (κ2) is 3.11. The summed E-state index contributed by atoms with van der Waals surface area (Å²) >= 11 is 0. The molecule has 0 bridgehead atoms. The molecule has 1 heterocycles. The van der Waals surface area contributed by atoms with Crippen LogP contribution in [0.15, 0.2) is 18.2 Å². The van der Waals surface area contributed by atoms with Crippen LogP contribution in [-0.4, -0.2) is 12.1 Å². The number of hydrogen-bond acceptors (Lipinski definition) is 3. The van der Waals surface area contributed by atoms with Gasteiger partial charge < -0.3 is 4.74 Å². The zero-order valence-corrected chi connectivity index (χ0v) is 7.16. The molecular formula is C10H6FNO2. The smallest absolute Gasteiger partial charge is 0.339 e. The highest BCUT2D eigenvalue weighted by molar-refractivity contribution is 5.92. The summed E-state index contributed by atoms with van der Waals surface area (Å²) in [5.41, 5.74) is 0.880. The Balaban J connectivity index is 2.46. The molecule has 1 aromatic rings. The number of halogens is 1. The number of nitrogens with zero attached hydrogens (tertiary/aromatic N) is 1. The summed E-state index contributed by atoms with van der Waals surface area (Å²) in [4.78, 5) is 11.3. The number of ether oxygens (including phenoxy) is 1. The van der Waals surface area contributed by atoms with Crippen molar-refractivity contribution in [1.29, 1.82) is 5.26 Å². The van der Waals surface area contributed by atoms with E-state index in [4.69, 9.17) is 10.00 Å². The normalized spacial score (nSPS) is 19.4. The highest BCUT2D eigenvalue weighted by Gasteiger charge is 2.26. The SMILES string of the molecule is N#CC1Cc2ccc(F)cc2C(=O)O1. The van der Waals surface area contributed by atoms with E-state index in [1.807, 2.05) is 6.07 Å². The van der Waals surface area contributed by atoms with Crippen molar-refractivity contribution in [1.82, 2.24) is 0 Å². The molecule has 0 spiro atoms. The molecule has 1 aromatic carbocycles. The molecule has 0 saturated carbocycles. The summed E-state index contributed by atoms with van der Waals surface area (Å²) in [6, 6.07) is 5.76. The third-order valence-corrected chi connectivity index (χ3v) is 2.09. The molecule has 1 unspecified atom stereocenters. The molecule has 1 aliphatic rings. The third kappa shape index (κ3) is 1.33. The molecular weight excluding hydrogens is 185 g/mol. The van der Waals surface area contributed by atoms with Gasteiger partial charge in [-0.15, -0.1) is 0 Å². The van der Waals surface area contributed by atoms with Gasteiger partial charge in [0.2, 0.25) is 0 Å². The van der Waals surface area contributed by atoms with Gasteiger partial charge in [0.05, 0.1) is 5.56 Å². The minimum atomic E-state index is -0.750. The van der Waals surface area contributed by atoms with E-state index >= 15 is 0 Å². The summed E-state index contributed by atoms with van der Waals surface area (Å²) in [5, 5.41) is 8.59. The van der Waals surface area contributed by atoms with E-state index in [1.165, 1.54) is 12.1 Å². The standard InChI is InChI=1S/C10H6FNO2/c11-7-2-1-6-3-8(5-12)14-10(13)9(6)4-7/h1-2,4,8H,3H2. The second-order valence-electron chi connectivity index (χ2n) is 3.03. The average Bonchev–Trinajstić information content (AvgIpc) is 2.19. The van der Waals surface area contributed by atoms with E-state index in [2.05, 4.69) is 0 Å². The third-order valence-electron chi connectivity index (χ3n) is 2.09. The lowest BCUT2D eigenvalue weighted by atomic mass is 9.99. The quantitative estimate of drug-likeness (QED) is 0.583. The molecule has 3 nitrogen and oxygen atoms in total. The number of benzene rings is 1. The average molecular weight is 191 g/mol. The number of hydrogen-bond donors (Lipinski definition) is 0. The Bertz CT molecular complexity index is 436. The molecule has 0 amide bonds. The summed E-state index contributed by atoms with van der Waals surface area (Å²) in [6.07, 6.45) is -0.418. The lowest BCUT2D eigenvalue weighted by Gasteiger charge is -2.19. The van der Waals surface area contributed by atoms with Crippen LogP contribution < -0.4 is 0 Å². The molecule has 0 N–H and O–H groups in total. The van der Waals surface area contributed by atoms with Crippen molar-refractivity contribution in [3.05, 3.63) is 35.1 Å². The fourth-order valence-corrected chi connectivity index (χ4v) is 1.42. The Morgan fingerprint density at radius 2 is 2.36 bits per heavy atom. The van der Waals surface area contributed by atoms with E-state index in [0.29, 0.717) is 12.0 Å². The molecule has 0 aromatic heterocycles. The minimum Gasteiger partial charge on any atom is -0.443 e. The van der Waals surface area contributed by atoms with Crippen molar-refractivity contribution >= 4 is 5.97 Å². The Labute approximate surface area is 79.7 Å². The zero-order valence-electron chi connectivity index (χ0n) is 7.16. The van der Waals surface area contributed by atoms with Gasteiger partial charge in [-0.3, -0.25) is 0 Å². The first-order valence-corrected chi connectivity index (χ1v) is 4.10. The molecule has 2 rings (SSSR count). The van der Waals surface area contributed by atoms with Crippen LogP contribution in [0.4, 0.5) is 4.39 Å². The van der Waals surface area contributed by atoms with Crippen LogP contribution in [0.2, 0.25) is 0 Å². The summed E-state index contributed by atoms with van der Waals surface area (Å²) in [5.74, 6) is -1.10. The van der Waals surface area contributed by atoms with Crippen LogP contribution in [0.1, 0.15) is 15.9 Å². The Morgan fingerprint density at radius 3 is 3.07 bits per heavy atom. The lowest BCUT2D eigenvalue weighted by Crippen LogP contribution is -2.26. The number of rotatable bonds is 0. The van der Waals surface area contributed by atoms with Gasteiger partial charge in [0.1, 0.15) is 11.9 Å². The van der Waals surface area contributed by atoms with E-state index in [-0.39, 0.29) is 5.56 Å². The Morgan fingerprint density at radius 1 is 1.57 bits per heavy atom. The van der Waals surface area contributed by atoms with Crippen LogP contribution in [-0.2, 0) is 11.2 Å². The molecule has 70 valence electrons. The fraction of sp³-hybridized carbons (Fsp3) is 0.200. The van der Waals surface area contributed by atoms with Crippen molar-refractivity contribution in [3.8, 4) is 6.07 Å². The van der Waals surface area contributed by atoms with Gasteiger partial charge in [-0.2, -0.15) is 5.26 Å². The predicted octanol–water partition coefficient (Wildman–Crippen LogP) is 1.43. The number of fused-ring (bicyclic) bond motifs is 1. The van der Waals surface area contributed by atoms with E-state index in [9.17, 15) is 9.18 Å². The number of nitriles is 1. The van der Waals surface area contributed by atoms with E-state index < -0.39 is 17.9 Å². The van der Waals surface area contributed by atoms with E-state index in [0.717, 1.165) is 6.07 Å². The van der Waals surface area contributed by atoms with Crippen molar-refractivity contribution in [2.45, 2.75) is 12.5 Å². The number of carbonyl (C=O) groups is 1. The van der Waals surface area contributed by atoms with Crippen LogP contribution in [0.25, 0.3) is 0 Å². The molecule has 0 aliphatic carbocycles. The first kappa shape index (κ1) is 8.70. The zero-order chi connectivity index (χ0) is 10.1. The summed E-state index contributed by atoms with van der Waals surface area (Å²) < 4.78 is 17.5. The van der Waals surface area contributed by atoms with Crippen molar-refractivity contribution in [2.75, 3.05) is 0 Å². The summed E-state index contributed by atoms with van der Waals surface area (Å²) in [6.45, 7) is 0. The maximum absolute atomic E-state index is 12.8. The maximum atomic E-state index is 12.8. The topological polar surface area (TPSA) is 50.1 Å². The van der Waals surface area contributed by atoms with Gasteiger partial charge >= 0.3 is 5.97 Å². The monoisotopic (exact) mass is 191 g/mol.